The van der Waals surface area contributed by atoms with Crippen molar-refractivity contribution in [2.45, 2.75) is 65.3 Å². The van der Waals surface area contributed by atoms with Gasteiger partial charge in [0.25, 0.3) is 5.91 Å². The molecule has 38 heavy (non-hydrogen) atoms. The van der Waals surface area contributed by atoms with Crippen LogP contribution in [0.3, 0.4) is 0 Å². The Morgan fingerprint density at radius 2 is 2.00 bits per heavy atom. The fourth-order valence-corrected chi connectivity index (χ4v) is 4.66. The van der Waals surface area contributed by atoms with Crippen LogP contribution in [0.4, 0.5) is 4.39 Å². The highest BCUT2D eigenvalue weighted by molar-refractivity contribution is 5.92. The van der Waals surface area contributed by atoms with Gasteiger partial charge in [0.2, 0.25) is 5.91 Å². The van der Waals surface area contributed by atoms with E-state index >= 15 is 0 Å². The number of oxazole rings is 1. The van der Waals surface area contributed by atoms with Crippen molar-refractivity contribution in [1.82, 2.24) is 15.2 Å². The summed E-state index contributed by atoms with van der Waals surface area (Å²) in [5.41, 5.74) is 0.765. The molecular formula is C28H38FN3O6. The second-order valence-corrected chi connectivity index (χ2v) is 10.4. The van der Waals surface area contributed by atoms with E-state index in [-0.39, 0.29) is 61.2 Å². The second-order valence-electron chi connectivity index (χ2n) is 10.4. The number of hydrogen-bond donors (Lipinski definition) is 2. The number of nitrogens with one attached hydrogen (secondary N) is 1. The van der Waals surface area contributed by atoms with Crippen LogP contribution >= 0.6 is 0 Å². The van der Waals surface area contributed by atoms with Gasteiger partial charge in [-0.3, -0.25) is 14.4 Å². The molecule has 2 amide bonds. The molecule has 4 bridgehead atoms. The summed E-state index contributed by atoms with van der Waals surface area (Å²) in [5, 5.41) is 13.0. The van der Waals surface area contributed by atoms with E-state index in [4.69, 9.17) is 9.15 Å². The fourth-order valence-electron chi connectivity index (χ4n) is 4.66. The lowest BCUT2D eigenvalue weighted by atomic mass is 9.94. The maximum absolute atomic E-state index is 14.6. The maximum atomic E-state index is 14.6. The molecule has 208 valence electrons. The molecule has 1 fully saturated rings. The standard InChI is InChI=1S/C28H38FN3O6/c1-17(2)26-19(4)7-8-24(34)30-10-5-6-18(3)12-22(33)13-21(29)14-25-31-23(16-37-25)27(35)32-11-9-20(15-32)28(36)38-26/h5-8,12,16-17,19-22,26,33H,9-11,13-15H2,1-4H3,(H,30,34)/b6-5+,8-7+,18-12+/t19-,20-,21+,22-,26+/m0/s1. The molecule has 3 rings (SSSR count). The number of aliphatic hydroxyl groups is 1. The van der Waals surface area contributed by atoms with Crippen molar-refractivity contribution >= 4 is 17.8 Å². The summed E-state index contributed by atoms with van der Waals surface area (Å²) in [6.07, 6.45) is 6.55. The van der Waals surface area contributed by atoms with Crippen LogP contribution in [0.5, 0.6) is 0 Å². The minimum Gasteiger partial charge on any atom is -0.461 e. The fraction of sp³-hybridized carbons (Fsp3) is 0.571. The van der Waals surface area contributed by atoms with Crippen LogP contribution in [0, 0.1) is 17.8 Å². The van der Waals surface area contributed by atoms with E-state index in [0.29, 0.717) is 18.5 Å². The minimum atomic E-state index is -1.43. The third-order valence-corrected chi connectivity index (χ3v) is 6.68. The number of esters is 1. The summed E-state index contributed by atoms with van der Waals surface area (Å²) in [4.78, 5) is 43.8. The summed E-state index contributed by atoms with van der Waals surface area (Å²) in [6, 6.07) is 0. The molecule has 0 aliphatic carbocycles. The molecule has 0 radical (unpaired) electrons. The zero-order chi connectivity index (χ0) is 27.8. The van der Waals surface area contributed by atoms with Gasteiger partial charge in [-0.1, -0.05) is 50.6 Å². The van der Waals surface area contributed by atoms with Crippen LogP contribution in [0.15, 0.2) is 46.6 Å². The number of amides is 2. The topological polar surface area (TPSA) is 122 Å². The molecule has 5 atom stereocenters. The number of allylic oxidation sites excluding steroid dienone is 2. The van der Waals surface area contributed by atoms with Gasteiger partial charge in [0.1, 0.15) is 18.5 Å². The van der Waals surface area contributed by atoms with Crippen LogP contribution in [-0.2, 0) is 20.7 Å². The predicted molar refractivity (Wildman–Crippen MR) is 139 cm³/mol. The number of alkyl halides is 1. The van der Waals surface area contributed by atoms with Gasteiger partial charge in [-0.2, -0.15) is 0 Å². The van der Waals surface area contributed by atoms with Crippen molar-refractivity contribution in [3.8, 4) is 0 Å². The summed E-state index contributed by atoms with van der Waals surface area (Å²) in [6.45, 7) is 8.38. The third kappa shape index (κ3) is 8.37. The molecule has 1 aromatic heterocycles. The molecule has 1 aromatic rings. The first kappa shape index (κ1) is 29.3. The van der Waals surface area contributed by atoms with Crippen molar-refractivity contribution in [3.05, 3.63) is 53.8 Å². The van der Waals surface area contributed by atoms with E-state index in [0.717, 1.165) is 0 Å². The molecule has 1 saturated heterocycles. The normalized spacial score (nSPS) is 31.7. The molecular weight excluding hydrogens is 493 g/mol. The Hall–Kier alpha value is -3.27. The lowest BCUT2D eigenvalue weighted by Crippen LogP contribution is -2.34. The van der Waals surface area contributed by atoms with Gasteiger partial charge < -0.3 is 24.5 Å². The van der Waals surface area contributed by atoms with Gasteiger partial charge in [-0.05, 0) is 25.3 Å². The highest BCUT2D eigenvalue weighted by atomic mass is 19.1. The van der Waals surface area contributed by atoms with Crippen LogP contribution in [0.1, 0.15) is 56.9 Å². The summed E-state index contributed by atoms with van der Waals surface area (Å²) >= 11 is 0. The molecule has 2 N–H and O–H groups in total. The summed E-state index contributed by atoms with van der Waals surface area (Å²) in [7, 11) is 0. The van der Waals surface area contributed by atoms with Crippen molar-refractivity contribution in [3.63, 3.8) is 0 Å². The first-order chi connectivity index (χ1) is 18.0. The number of aromatic nitrogens is 1. The second kappa shape index (κ2) is 13.5. The Balaban J connectivity index is 1.79. The van der Waals surface area contributed by atoms with E-state index in [1.54, 1.807) is 25.2 Å². The zero-order valence-corrected chi connectivity index (χ0v) is 22.4. The SMILES string of the molecule is CC1=C\[C@H](O)C[C@@H](F)Cc2nc(co2)C(=O)N2CC[C@@H](C2)C(=O)O[C@H](C(C)C)[C@@H](C)/C=C/C(=O)NC\C=C\1. The first-order valence-electron chi connectivity index (χ1n) is 13.1. The lowest BCUT2D eigenvalue weighted by Gasteiger charge is -2.27. The molecule has 0 unspecified atom stereocenters. The number of cyclic esters (lactones) is 1. The number of nitrogens with zero attached hydrogens (tertiary/aromatic N) is 2. The zero-order valence-electron chi connectivity index (χ0n) is 22.4. The molecule has 3 heterocycles. The molecule has 2 aliphatic heterocycles. The number of fused-ring (bicyclic) bond motifs is 4. The molecule has 0 aromatic carbocycles. The monoisotopic (exact) mass is 531 g/mol. The Kier molecular flexibility index (Phi) is 10.4. The number of halogens is 1. The van der Waals surface area contributed by atoms with Crippen molar-refractivity contribution in [1.29, 1.82) is 0 Å². The number of ether oxygens (including phenoxy) is 1. The van der Waals surface area contributed by atoms with Gasteiger partial charge in [-0.25, -0.2) is 9.37 Å². The van der Waals surface area contributed by atoms with Gasteiger partial charge in [0, 0.05) is 32.0 Å². The Morgan fingerprint density at radius 3 is 2.74 bits per heavy atom. The van der Waals surface area contributed by atoms with Gasteiger partial charge in [0.05, 0.1) is 18.4 Å². The number of aliphatic hydroxyl groups excluding tert-OH is 1. The van der Waals surface area contributed by atoms with Crippen LogP contribution < -0.4 is 5.32 Å². The van der Waals surface area contributed by atoms with Crippen LogP contribution in [-0.4, -0.2) is 70.8 Å². The van der Waals surface area contributed by atoms with Crippen molar-refractivity contribution in [2.24, 2.45) is 17.8 Å². The van der Waals surface area contributed by atoms with Crippen LogP contribution in [0.2, 0.25) is 0 Å². The summed E-state index contributed by atoms with van der Waals surface area (Å²) in [5.74, 6) is -1.66. The number of carbonyl (C=O) groups excluding carboxylic acids is 3. The van der Waals surface area contributed by atoms with Crippen molar-refractivity contribution in [2.75, 3.05) is 19.6 Å². The van der Waals surface area contributed by atoms with E-state index in [1.165, 1.54) is 23.3 Å². The Bertz CT molecular complexity index is 1080. The lowest BCUT2D eigenvalue weighted by molar-refractivity contribution is -0.157. The highest BCUT2D eigenvalue weighted by Crippen LogP contribution is 2.25. The van der Waals surface area contributed by atoms with Gasteiger partial charge in [0.15, 0.2) is 11.6 Å². The smallest absolute Gasteiger partial charge is 0.311 e. The molecule has 0 saturated carbocycles. The summed E-state index contributed by atoms with van der Waals surface area (Å²) < 4.78 is 25.7. The number of rotatable bonds is 1. The molecule has 9 nitrogen and oxygen atoms in total. The Labute approximate surface area is 222 Å². The van der Waals surface area contributed by atoms with E-state index in [9.17, 15) is 23.9 Å². The van der Waals surface area contributed by atoms with E-state index in [1.807, 2.05) is 20.8 Å². The molecule has 0 spiro atoms. The molecule has 10 heteroatoms. The van der Waals surface area contributed by atoms with E-state index in [2.05, 4.69) is 10.3 Å². The number of carbonyl (C=O) groups is 3. The maximum Gasteiger partial charge on any atom is 0.311 e. The predicted octanol–water partition coefficient (Wildman–Crippen LogP) is 3.16. The van der Waals surface area contributed by atoms with Gasteiger partial charge >= 0.3 is 5.97 Å². The molecule has 2 aliphatic rings. The first-order valence-corrected chi connectivity index (χ1v) is 13.1. The highest BCUT2D eigenvalue weighted by Gasteiger charge is 2.36. The average molecular weight is 532 g/mol. The third-order valence-electron chi connectivity index (χ3n) is 6.68. The van der Waals surface area contributed by atoms with Crippen molar-refractivity contribution < 1.29 is 33.0 Å². The largest absolute Gasteiger partial charge is 0.461 e. The minimum absolute atomic E-state index is 0.0142. The number of hydrogen-bond acceptors (Lipinski definition) is 7. The van der Waals surface area contributed by atoms with Crippen LogP contribution in [0.25, 0.3) is 0 Å². The Morgan fingerprint density at radius 1 is 1.24 bits per heavy atom. The van der Waals surface area contributed by atoms with E-state index < -0.39 is 30.2 Å². The van der Waals surface area contributed by atoms with Gasteiger partial charge in [-0.15, -0.1) is 0 Å². The average Bonchev–Trinajstić information content (AvgIpc) is 3.52. The quantitative estimate of drug-likeness (QED) is 0.534.